The molecule has 11 nitrogen and oxygen atoms in total. The van der Waals surface area contributed by atoms with Crippen molar-refractivity contribution in [3.63, 3.8) is 0 Å². The van der Waals surface area contributed by atoms with Crippen LogP contribution in [0.1, 0.15) is 73.1 Å². The Hall–Kier alpha value is -4.22. The summed E-state index contributed by atoms with van der Waals surface area (Å²) in [6, 6.07) is 11.7. The Bertz CT molecular complexity index is 1210. The lowest BCUT2D eigenvalue weighted by Gasteiger charge is -2.21. The van der Waals surface area contributed by atoms with E-state index in [0.717, 1.165) is 152 Å². The van der Waals surface area contributed by atoms with E-state index in [1.165, 1.54) is 0 Å². The predicted molar refractivity (Wildman–Crippen MR) is 191 cm³/mol. The molecule has 0 radical (unpaired) electrons. The van der Waals surface area contributed by atoms with Crippen LogP contribution in [-0.4, -0.2) is 126 Å². The summed E-state index contributed by atoms with van der Waals surface area (Å²) in [6.07, 6.45) is 16.7. The largest absolute Gasteiger partial charge is 0.454 e. The Kier molecular flexibility index (Phi) is 14.6. The maximum Gasteiger partial charge on any atom is 0.145 e. The van der Waals surface area contributed by atoms with Crippen LogP contribution in [0.15, 0.2) is 79.6 Å². The SMILES string of the molecule is C1=NCCCN2CCCN=Cc3ccc(o3)C=NCCCN(CCCN=Cc3ccc1o3)CCCN=Cc1ccc(o1)C=NCCC2. The third-order valence-corrected chi connectivity index (χ3v) is 7.82. The van der Waals surface area contributed by atoms with E-state index in [1.807, 2.05) is 73.7 Å². The third kappa shape index (κ3) is 13.2. The Morgan fingerprint density at radius 1 is 0.319 bits per heavy atom. The van der Waals surface area contributed by atoms with Crippen LogP contribution in [0.3, 0.4) is 0 Å². The molecule has 0 atom stereocenters. The minimum absolute atomic E-state index is 0.738. The normalized spacial score (nSPS) is 21.7. The van der Waals surface area contributed by atoms with Gasteiger partial charge < -0.3 is 23.1 Å². The molecule has 0 N–H and O–H groups in total. The molecule has 250 valence electrons. The molecule has 0 unspecified atom stereocenters. The Morgan fingerprint density at radius 3 is 0.702 bits per heavy atom. The van der Waals surface area contributed by atoms with Gasteiger partial charge in [-0.1, -0.05) is 0 Å². The van der Waals surface area contributed by atoms with E-state index in [4.69, 9.17) is 13.3 Å². The van der Waals surface area contributed by atoms with E-state index in [1.54, 1.807) is 0 Å². The van der Waals surface area contributed by atoms with Gasteiger partial charge in [0.15, 0.2) is 0 Å². The number of hydrogen-bond acceptors (Lipinski definition) is 11. The number of nitrogens with zero attached hydrogens (tertiary/aromatic N) is 8. The van der Waals surface area contributed by atoms with Gasteiger partial charge in [0.1, 0.15) is 34.6 Å². The zero-order valence-corrected chi connectivity index (χ0v) is 27.5. The molecule has 0 amide bonds. The van der Waals surface area contributed by atoms with Crippen LogP contribution in [0.5, 0.6) is 0 Å². The first-order valence-corrected chi connectivity index (χ1v) is 17.0. The van der Waals surface area contributed by atoms with Gasteiger partial charge in [-0.2, -0.15) is 0 Å². The van der Waals surface area contributed by atoms with Crippen molar-refractivity contribution in [2.24, 2.45) is 30.0 Å². The first-order valence-electron chi connectivity index (χ1n) is 17.0. The lowest BCUT2D eigenvalue weighted by molar-refractivity contribution is 0.268. The average molecular weight is 641 g/mol. The zero-order valence-electron chi connectivity index (χ0n) is 27.5. The van der Waals surface area contributed by atoms with Crippen LogP contribution in [0.4, 0.5) is 0 Å². The van der Waals surface area contributed by atoms with Crippen molar-refractivity contribution in [3.8, 4) is 0 Å². The van der Waals surface area contributed by atoms with Gasteiger partial charge in [-0.05, 0) is 114 Å². The molecule has 3 aliphatic rings. The first-order chi connectivity index (χ1) is 23.3. The van der Waals surface area contributed by atoms with Crippen LogP contribution in [0, 0.1) is 0 Å². The van der Waals surface area contributed by atoms with E-state index >= 15 is 0 Å². The van der Waals surface area contributed by atoms with Crippen LogP contribution >= 0.6 is 0 Å². The Balaban J connectivity index is 1.30. The van der Waals surface area contributed by atoms with Gasteiger partial charge in [0.05, 0.1) is 37.3 Å². The highest BCUT2D eigenvalue weighted by Crippen LogP contribution is 2.08. The zero-order chi connectivity index (χ0) is 32.2. The predicted octanol–water partition coefficient (Wildman–Crippen LogP) is 5.35. The summed E-state index contributed by atoms with van der Waals surface area (Å²) in [4.78, 5) is 32.7. The molecule has 0 saturated heterocycles. The molecule has 0 spiro atoms. The topological polar surface area (TPSA) is 120 Å². The Morgan fingerprint density at radius 2 is 0.511 bits per heavy atom. The molecule has 3 aromatic rings. The first kappa shape index (κ1) is 34.1. The fourth-order valence-corrected chi connectivity index (χ4v) is 5.43. The second-order valence-electron chi connectivity index (χ2n) is 11.7. The molecule has 6 heterocycles. The van der Waals surface area contributed by atoms with Crippen molar-refractivity contribution in [1.82, 2.24) is 9.80 Å². The summed E-state index contributed by atoms with van der Waals surface area (Å²) < 4.78 is 17.7. The van der Waals surface area contributed by atoms with Crippen LogP contribution < -0.4 is 0 Å². The second-order valence-corrected chi connectivity index (χ2v) is 11.7. The molecule has 0 saturated carbocycles. The molecule has 0 fully saturated rings. The summed E-state index contributed by atoms with van der Waals surface area (Å²) in [5.41, 5.74) is 0. The van der Waals surface area contributed by atoms with Crippen molar-refractivity contribution in [1.29, 1.82) is 0 Å². The summed E-state index contributed by atoms with van der Waals surface area (Å²) in [5, 5.41) is 0. The van der Waals surface area contributed by atoms with E-state index in [2.05, 4.69) is 39.8 Å². The van der Waals surface area contributed by atoms with Crippen molar-refractivity contribution in [2.45, 2.75) is 38.5 Å². The summed E-state index contributed by atoms with van der Waals surface area (Å²) in [6.45, 7) is 10.2. The highest BCUT2D eigenvalue weighted by Gasteiger charge is 2.07. The van der Waals surface area contributed by atoms with Gasteiger partial charge >= 0.3 is 0 Å². The number of furan rings is 3. The molecule has 3 aromatic heterocycles. The molecule has 0 aromatic carbocycles. The molecule has 47 heavy (non-hydrogen) atoms. The van der Waals surface area contributed by atoms with Crippen molar-refractivity contribution in [2.75, 3.05) is 78.5 Å². The number of aliphatic imine (C=N–C) groups is 6. The smallest absolute Gasteiger partial charge is 0.145 e. The maximum absolute atomic E-state index is 5.90. The van der Waals surface area contributed by atoms with Gasteiger partial charge in [-0.3, -0.25) is 30.0 Å². The number of rotatable bonds is 0. The third-order valence-electron chi connectivity index (χ3n) is 7.82. The Labute approximate surface area is 278 Å². The van der Waals surface area contributed by atoms with Gasteiger partial charge in [0, 0.05) is 39.3 Å². The van der Waals surface area contributed by atoms with E-state index in [9.17, 15) is 0 Å². The quantitative estimate of drug-likeness (QED) is 0.328. The second kappa shape index (κ2) is 20.1. The monoisotopic (exact) mass is 640 g/mol. The van der Waals surface area contributed by atoms with Gasteiger partial charge in [0.25, 0.3) is 0 Å². The van der Waals surface area contributed by atoms with Crippen LogP contribution in [0.25, 0.3) is 0 Å². The minimum Gasteiger partial charge on any atom is -0.454 e. The van der Waals surface area contributed by atoms with Gasteiger partial charge in [-0.15, -0.1) is 0 Å². The fraction of sp³-hybridized carbons (Fsp3) is 0.500. The molecule has 8 bridgehead atoms. The molecule has 6 rings (SSSR count). The summed E-state index contributed by atoms with van der Waals surface area (Å²) in [5.74, 6) is 4.52. The van der Waals surface area contributed by atoms with E-state index < -0.39 is 0 Å². The lowest BCUT2D eigenvalue weighted by atomic mass is 10.3. The maximum atomic E-state index is 5.90. The van der Waals surface area contributed by atoms with E-state index in [-0.39, 0.29) is 0 Å². The highest BCUT2D eigenvalue weighted by atomic mass is 16.3. The standard InChI is InChI=1S/C36H48N8O3/c1-13-37-25-31-7-8-32(45-31)26-40-16-4-22-44-23-5-17-41-29-35-11-9-33(46-35)27-38-14-2-20-43(19-1)21-3-15-39-28-34-10-12-36(47-34)30-42-18-6-24-44/h7-12,25-30H,1-6,13-24H2. The number of fused-ring (bicyclic) bond motifs is 18. The van der Waals surface area contributed by atoms with Crippen molar-refractivity contribution >= 4 is 37.3 Å². The summed E-state index contributed by atoms with van der Waals surface area (Å²) >= 11 is 0. The van der Waals surface area contributed by atoms with Crippen LogP contribution in [-0.2, 0) is 0 Å². The van der Waals surface area contributed by atoms with E-state index in [0.29, 0.717) is 0 Å². The van der Waals surface area contributed by atoms with Crippen molar-refractivity contribution in [3.05, 3.63) is 71.0 Å². The van der Waals surface area contributed by atoms with Crippen LogP contribution in [0.2, 0.25) is 0 Å². The molecule has 0 aliphatic carbocycles. The molecular weight excluding hydrogens is 592 g/mol. The number of hydrogen-bond donors (Lipinski definition) is 0. The average Bonchev–Trinajstić information content (AvgIpc) is 3.84. The van der Waals surface area contributed by atoms with Gasteiger partial charge in [-0.25, -0.2) is 0 Å². The molecule has 3 aliphatic heterocycles. The molecule has 11 heteroatoms. The van der Waals surface area contributed by atoms with Gasteiger partial charge in [0.2, 0.25) is 0 Å². The lowest BCUT2D eigenvalue weighted by Crippen LogP contribution is -2.28. The molecular formula is C36H48N8O3. The van der Waals surface area contributed by atoms with Crippen molar-refractivity contribution < 1.29 is 13.3 Å². The fourth-order valence-electron chi connectivity index (χ4n) is 5.43. The summed E-state index contributed by atoms with van der Waals surface area (Å²) in [7, 11) is 0. The highest BCUT2D eigenvalue weighted by molar-refractivity contribution is 5.82. The minimum atomic E-state index is 0.738.